The molecule has 0 spiro atoms. The molecule has 1 fully saturated rings. The number of carbonyl (C=O) groups excluding carboxylic acids is 3. The van der Waals surface area contributed by atoms with E-state index in [4.69, 9.17) is 0 Å². The van der Waals surface area contributed by atoms with E-state index >= 15 is 0 Å². The molecule has 2 aromatic rings. The molecule has 0 aliphatic carbocycles. The van der Waals surface area contributed by atoms with Crippen molar-refractivity contribution in [1.82, 2.24) is 10.2 Å². The van der Waals surface area contributed by atoms with E-state index in [2.05, 4.69) is 21.2 Å². The monoisotopic (exact) mass is 448 g/mol. The van der Waals surface area contributed by atoms with Crippen molar-refractivity contribution in [3.05, 3.63) is 77.4 Å². The van der Waals surface area contributed by atoms with Gasteiger partial charge in [0.25, 0.3) is 5.91 Å². The molecule has 2 aromatic carbocycles. The molecule has 1 aliphatic rings. The van der Waals surface area contributed by atoms with Crippen LogP contribution in [0.4, 0.5) is 5.69 Å². The number of benzene rings is 2. The first-order valence-corrected chi connectivity index (χ1v) is 10.2. The van der Waals surface area contributed by atoms with Gasteiger partial charge in [0.05, 0.1) is 29.9 Å². The number of nitrogens with one attached hydrogen (secondary N) is 1. The van der Waals surface area contributed by atoms with E-state index in [1.807, 2.05) is 55.5 Å². The number of rotatable bonds is 6. The average molecular weight is 448 g/mol. The van der Waals surface area contributed by atoms with Crippen LogP contribution in [0.3, 0.4) is 0 Å². The SMILES string of the molecule is Cc1cccc(C(=O)NCN2CCN(c3ccccc3C#N)CC2)c1.O=C([O-])/C=C\C(=O)[O-]. The Labute approximate surface area is 192 Å². The van der Waals surface area contributed by atoms with Crippen LogP contribution in [0.1, 0.15) is 21.5 Å². The fourth-order valence-electron chi connectivity index (χ4n) is 3.20. The number of piperazine rings is 1. The van der Waals surface area contributed by atoms with Crippen LogP contribution >= 0.6 is 0 Å². The Morgan fingerprint density at radius 2 is 1.64 bits per heavy atom. The summed E-state index contributed by atoms with van der Waals surface area (Å²) in [5.74, 6) is -3.13. The molecule has 1 amide bonds. The first kappa shape index (κ1) is 25.1. The summed E-state index contributed by atoms with van der Waals surface area (Å²) in [7, 11) is 0. The van der Waals surface area contributed by atoms with Crippen molar-refractivity contribution in [3.63, 3.8) is 0 Å². The zero-order valence-corrected chi connectivity index (χ0v) is 18.2. The van der Waals surface area contributed by atoms with Gasteiger partial charge in [0.15, 0.2) is 0 Å². The van der Waals surface area contributed by atoms with Crippen molar-refractivity contribution in [2.75, 3.05) is 37.7 Å². The molecule has 1 N–H and O–H groups in total. The molecule has 33 heavy (non-hydrogen) atoms. The molecule has 1 saturated heterocycles. The van der Waals surface area contributed by atoms with E-state index in [9.17, 15) is 29.9 Å². The van der Waals surface area contributed by atoms with Crippen LogP contribution in [-0.2, 0) is 9.59 Å². The summed E-state index contributed by atoms with van der Waals surface area (Å²) < 4.78 is 0. The van der Waals surface area contributed by atoms with Crippen LogP contribution < -0.4 is 20.4 Å². The van der Waals surface area contributed by atoms with E-state index in [0.29, 0.717) is 29.9 Å². The third kappa shape index (κ3) is 8.47. The van der Waals surface area contributed by atoms with Gasteiger partial charge in [0.1, 0.15) is 6.07 Å². The van der Waals surface area contributed by atoms with E-state index < -0.39 is 11.9 Å². The fourth-order valence-corrected chi connectivity index (χ4v) is 3.20. The molecule has 0 radical (unpaired) electrons. The van der Waals surface area contributed by atoms with E-state index in [-0.39, 0.29) is 5.91 Å². The number of aryl methyl sites for hydroxylation is 1. The highest BCUT2D eigenvalue weighted by atomic mass is 16.4. The number of carboxylic acids is 2. The number of hydrogen-bond donors (Lipinski definition) is 1. The van der Waals surface area contributed by atoms with E-state index in [1.165, 1.54) is 0 Å². The summed E-state index contributed by atoms with van der Waals surface area (Å²) in [5, 5.41) is 31.1. The average Bonchev–Trinajstić information content (AvgIpc) is 2.82. The van der Waals surface area contributed by atoms with Crippen molar-refractivity contribution in [3.8, 4) is 6.07 Å². The van der Waals surface area contributed by atoms with Gasteiger partial charge in [0, 0.05) is 31.7 Å². The minimum absolute atomic E-state index is 0.0408. The van der Waals surface area contributed by atoms with Crippen LogP contribution in [-0.4, -0.2) is 55.6 Å². The van der Waals surface area contributed by atoms with E-state index in [0.717, 1.165) is 37.4 Å². The minimum Gasteiger partial charge on any atom is -0.545 e. The first-order chi connectivity index (χ1) is 15.8. The Morgan fingerprint density at radius 1 is 1.00 bits per heavy atom. The number of para-hydroxylation sites is 1. The quantitative estimate of drug-likeness (QED) is 0.579. The molecule has 3 rings (SSSR count). The largest absolute Gasteiger partial charge is 0.545 e. The molecule has 1 heterocycles. The van der Waals surface area contributed by atoms with Gasteiger partial charge in [-0.05, 0) is 43.3 Å². The highest BCUT2D eigenvalue weighted by Crippen LogP contribution is 2.20. The third-order valence-electron chi connectivity index (χ3n) is 4.84. The zero-order chi connectivity index (χ0) is 24.2. The van der Waals surface area contributed by atoms with Gasteiger partial charge in [-0.3, -0.25) is 9.69 Å². The van der Waals surface area contributed by atoms with Crippen molar-refractivity contribution in [1.29, 1.82) is 5.26 Å². The number of carboxylic acid groups (broad SMARTS) is 2. The normalized spacial score (nSPS) is 13.5. The van der Waals surface area contributed by atoms with Gasteiger partial charge < -0.3 is 30.0 Å². The summed E-state index contributed by atoms with van der Waals surface area (Å²) >= 11 is 0. The second-order valence-corrected chi connectivity index (χ2v) is 7.24. The number of hydrogen-bond acceptors (Lipinski definition) is 8. The second kappa shape index (κ2) is 12.6. The molecule has 0 unspecified atom stereocenters. The van der Waals surface area contributed by atoms with Gasteiger partial charge in [-0.2, -0.15) is 5.26 Å². The Bertz CT molecular complexity index is 1040. The standard InChI is InChI=1S/C20H22N4O.C4H4O4/c1-16-5-4-7-17(13-16)20(25)22-15-23-9-11-24(12-10-23)19-8-3-2-6-18(19)14-21;5-3(6)1-2-4(7)8/h2-8,13H,9-12,15H2,1H3,(H,22,25);1-2H,(H,5,6)(H,7,8)/p-2/b;2-1-. The first-order valence-electron chi connectivity index (χ1n) is 10.2. The van der Waals surface area contributed by atoms with Gasteiger partial charge in [-0.25, -0.2) is 0 Å². The number of carbonyl (C=O) groups is 3. The number of aliphatic carboxylic acids is 2. The van der Waals surface area contributed by atoms with Gasteiger partial charge in [-0.15, -0.1) is 0 Å². The summed E-state index contributed by atoms with van der Waals surface area (Å²) in [5.41, 5.74) is 3.48. The molecular weight excluding hydrogens is 424 g/mol. The third-order valence-corrected chi connectivity index (χ3v) is 4.84. The lowest BCUT2D eigenvalue weighted by molar-refractivity contribution is -0.301. The number of nitrogens with zero attached hydrogens (tertiary/aromatic N) is 3. The lowest BCUT2D eigenvalue weighted by Crippen LogP contribution is -2.50. The van der Waals surface area contributed by atoms with Crippen molar-refractivity contribution < 1.29 is 24.6 Å². The maximum atomic E-state index is 12.2. The zero-order valence-electron chi connectivity index (χ0n) is 18.2. The van der Waals surface area contributed by atoms with Gasteiger partial charge in [0.2, 0.25) is 0 Å². The summed E-state index contributed by atoms with van der Waals surface area (Å²) in [4.78, 5) is 35.5. The van der Waals surface area contributed by atoms with Crippen LogP contribution in [0.15, 0.2) is 60.7 Å². The number of amides is 1. The van der Waals surface area contributed by atoms with Crippen LogP contribution in [0.25, 0.3) is 0 Å². The molecule has 1 aliphatic heterocycles. The Hall–Kier alpha value is -4.16. The van der Waals surface area contributed by atoms with Crippen LogP contribution in [0, 0.1) is 18.3 Å². The lowest BCUT2D eigenvalue weighted by atomic mass is 10.1. The van der Waals surface area contributed by atoms with Crippen molar-refractivity contribution >= 4 is 23.5 Å². The fraction of sp³-hybridized carbons (Fsp3) is 0.250. The summed E-state index contributed by atoms with van der Waals surface area (Å²) in [6.07, 6.45) is 0.769. The maximum absolute atomic E-state index is 12.2. The highest BCUT2D eigenvalue weighted by molar-refractivity contribution is 5.94. The Balaban J connectivity index is 0.000000414. The molecule has 0 aromatic heterocycles. The summed E-state index contributed by atoms with van der Waals surface area (Å²) in [6.45, 7) is 5.93. The summed E-state index contributed by atoms with van der Waals surface area (Å²) in [6, 6.07) is 17.6. The molecule has 172 valence electrons. The molecular formula is C24H24N4O5-2. The van der Waals surface area contributed by atoms with E-state index in [1.54, 1.807) is 0 Å². The molecule has 9 heteroatoms. The number of nitriles is 1. The van der Waals surface area contributed by atoms with Gasteiger partial charge >= 0.3 is 0 Å². The highest BCUT2D eigenvalue weighted by Gasteiger charge is 2.19. The smallest absolute Gasteiger partial charge is 0.252 e. The predicted octanol–water partition coefficient (Wildman–Crippen LogP) is -0.581. The molecule has 9 nitrogen and oxygen atoms in total. The van der Waals surface area contributed by atoms with Gasteiger partial charge in [-0.1, -0.05) is 29.8 Å². The molecule has 0 saturated carbocycles. The van der Waals surface area contributed by atoms with Crippen LogP contribution in [0.2, 0.25) is 0 Å². The Kier molecular flexibility index (Phi) is 9.61. The topological polar surface area (TPSA) is 140 Å². The minimum atomic E-state index is -1.55. The second-order valence-electron chi connectivity index (χ2n) is 7.24. The predicted molar refractivity (Wildman–Crippen MR) is 118 cm³/mol. The maximum Gasteiger partial charge on any atom is 0.252 e. The lowest BCUT2D eigenvalue weighted by Gasteiger charge is -2.36. The number of anilines is 1. The molecule has 0 bridgehead atoms. The van der Waals surface area contributed by atoms with Crippen molar-refractivity contribution in [2.24, 2.45) is 0 Å². The van der Waals surface area contributed by atoms with Crippen LogP contribution in [0.5, 0.6) is 0 Å². The van der Waals surface area contributed by atoms with Crippen molar-refractivity contribution in [2.45, 2.75) is 6.92 Å². The Morgan fingerprint density at radius 3 is 2.21 bits per heavy atom. The molecule has 0 atom stereocenters.